The zero-order chi connectivity index (χ0) is 7.40. The van der Waals surface area contributed by atoms with E-state index >= 15 is 0 Å². The van der Waals surface area contributed by atoms with Gasteiger partial charge in [-0.25, -0.2) is 0 Å². The SMILES string of the molecule is C[SiH](C)NCC1CCCC1. The largest absolute Gasteiger partial charge is 0.340 e. The lowest BCUT2D eigenvalue weighted by Gasteiger charge is -2.11. The highest BCUT2D eigenvalue weighted by atomic mass is 28.3. The molecule has 0 radical (unpaired) electrons. The normalized spacial score (nSPS) is 20.7. The van der Waals surface area contributed by atoms with E-state index in [0.717, 1.165) is 5.92 Å². The van der Waals surface area contributed by atoms with Gasteiger partial charge in [0, 0.05) is 0 Å². The Morgan fingerprint density at radius 3 is 2.40 bits per heavy atom. The molecule has 0 aliphatic heterocycles. The van der Waals surface area contributed by atoms with Crippen LogP contribution in [0.25, 0.3) is 0 Å². The zero-order valence-corrected chi connectivity index (χ0v) is 8.34. The van der Waals surface area contributed by atoms with Crippen molar-refractivity contribution in [3.8, 4) is 0 Å². The van der Waals surface area contributed by atoms with E-state index in [-0.39, 0.29) is 0 Å². The lowest BCUT2D eigenvalue weighted by atomic mass is 10.1. The summed E-state index contributed by atoms with van der Waals surface area (Å²) >= 11 is 0. The topological polar surface area (TPSA) is 12.0 Å². The average molecular weight is 157 g/mol. The molecule has 1 aliphatic rings. The van der Waals surface area contributed by atoms with Gasteiger partial charge in [-0.2, -0.15) is 0 Å². The molecular weight excluding hydrogens is 138 g/mol. The summed E-state index contributed by atoms with van der Waals surface area (Å²) in [6, 6.07) is 0. The number of rotatable bonds is 3. The summed E-state index contributed by atoms with van der Waals surface area (Å²) in [7, 11) is -0.477. The van der Waals surface area contributed by atoms with Crippen LogP contribution in [0.4, 0.5) is 0 Å². The van der Waals surface area contributed by atoms with Gasteiger partial charge in [-0.05, 0) is 25.3 Å². The van der Waals surface area contributed by atoms with Crippen molar-refractivity contribution in [1.82, 2.24) is 4.98 Å². The summed E-state index contributed by atoms with van der Waals surface area (Å²) in [6.07, 6.45) is 5.92. The molecule has 0 bridgehead atoms. The monoisotopic (exact) mass is 157 g/mol. The highest BCUT2D eigenvalue weighted by Gasteiger charge is 2.14. The first-order chi connectivity index (χ1) is 4.79. The molecule has 0 aromatic rings. The molecule has 1 N–H and O–H groups in total. The fourth-order valence-corrected chi connectivity index (χ4v) is 2.42. The van der Waals surface area contributed by atoms with Crippen molar-refractivity contribution in [2.24, 2.45) is 5.92 Å². The molecule has 60 valence electrons. The second-order valence-corrected chi connectivity index (χ2v) is 6.43. The van der Waals surface area contributed by atoms with Crippen LogP contribution in [-0.4, -0.2) is 15.5 Å². The van der Waals surface area contributed by atoms with Crippen molar-refractivity contribution in [3.05, 3.63) is 0 Å². The summed E-state index contributed by atoms with van der Waals surface area (Å²) in [5.41, 5.74) is 0. The number of hydrogen-bond acceptors (Lipinski definition) is 1. The molecule has 2 heteroatoms. The van der Waals surface area contributed by atoms with Gasteiger partial charge >= 0.3 is 0 Å². The fourth-order valence-electron chi connectivity index (χ4n) is 1.62. The minimum Gasteiger partial charge on any atom is -0.340 e. The van der Waals surface area contributed by atoms with Gasteiger partial charge in [0.05, 0.1) is 0 Å². The lowest BCUT2D eigenvalue weighted by molar-refractivity contribution is 0.539. The maximum atomic E-state index is 3.63. The molecule has 0 amide bonds. The van der Waals surface area contributed by atoms with Gasteiger partial charge in [-0.15, -0.1) is 0 Å². The van der Waals surface area contributed by atoms with Crippen LogP contribution in [0, 0.1) is 5.92 Å². The van der Waals surface area contributed by atoms with Crippen LogP contribution in [0.1, 0.15) is 25.7 Å². The van der Waals surface area contributed by atoms with Crippen LogP contribution in [0.3, 0.4) is 0 Å². The summed E-state index contributed by atoms with van der Waals surface area (Å²) in [5, 5.41) is 0. The fraction of sp³-hybridized carbons (Fsp3) is 1.00. The quantitative estimate of drug-likeness (QED) is 0.615. The maximum Gasteiger partial charge on any atom is 0.102 e. The van der Waals surface area contributed by atoms with Crippen molar-refractivity contribution in [3.63, 3.8) is 0 Å². The Balaban J connectivity index is 2.01. The van der Waals surface area contributed by atoms with Crippen LogP contribution in [0.2, 0.25) is 13.1 Å². The van der Waals surface area contributed by atoms with E-state index in [1.54, 1.807) is 0 Å². The third-order valence-corrected chi connectivity index (χ3v) is 3.34. The zero-order valence-electron chi connectivity index (χ0n) is 7.19. The summed E-state index contributed by atoms with van der Waals surface area (Å²) in [4.78, 5) is 3.63. The molecule has 0 aromatic heterocycles. The Morgan fingerprint density at radius 2 is 1.90 bits per heavy atom. The van der Waals surface area contributed by atoms with Crippen molar-refractivity contribution in [2.45, 2.75) is 38.8 Å². The maximum absolute atomic E-state index is 3.63. The number of nitrogens with one attached hydrogen (secondary N) is 1. The van der Waals surface area contributed by atoms with Crippen molar-refractivity contribution in [1.29, 1.82) is 0 Å². The first-order valence-electron chi connectivity index (χ1n) is 4.52. The van der Waals surface area contributed by atoms with E-state index in [9.17, 15) is 0 Å². The van der Waals surface area contributed by atoms with Gasteiger partial charge in [0.2, 0.25) is 0 Å². The first-order valence-corrected chi connectivity index (χ1v) is 7.41. The molecule has 0 saturated heterocycles. The van der Waals surface area contributed by atoms with Gasteiger partial charge in [0.25, 0.3) is 0 Å². The Morgan fingerprint density at radius 1 is 1.30 bits per heavy atom. The molecular formula is C8H19NSi. The molecule has 1 fully saturated rings. The Kier molecular flexibility index (Phi) is 3.42. The number of hydrogen-bond donors (Lipinski definition) is 1. The molecule has 1 saturated carbocycles. The minimum atomic E-state index is -0.477. The molecule has 1 aliphatic carbocycles. The summed E-state index contributed by atoms with van der Waals surface area (Å²) in [6.45, 7) is 6.02. The Labute approximate surface area is 65.9 Å². The van der Waals surface area contributed by atoms with Crippen LogP contribution < -0.4 is 4.98 Å². The molecule has 0 atom stereocenters. The summed E-state index contributed by atoms with van der Waals surface area (Å²) in [5.74, 6) is 1.02. The highest BCUT2D eigenvalue weighted by Crippen LogP contribution is 2.23. The van der Waals surface area contributed by atoms with Gasteiger partial charge in [-0.3, -0.25) is 0 Å². The third kappa shape index (κ3) is 2.84. The Bertz CT molecular complexity index is 87.3. The van der Waals surface area contributed by atoms with Gasteiger partial charge in [0.15, 0.2) is 0 Å². The molecule has 0 heterocycles. The van der Waals surface area contributed by atoms with Crippen LogP contribution in [0.5, 0.6) is 0 Å². The van der Waals surface area contributed by atoms with Crippen LogP contribution >= 0.6 is 0 Å². The van der Waals surface area contributed by atoms with Gasteiger partial charge in [-0.1, -0.05) is 25.9 Å². The third-order valence-electron chi connectivity index (χ3n) is 2.29. The predicted molar refractivity (Wildman–Crippen MR) is 48.8 cm³/mol. The van der Waals surface area contributed by atoms with Gasteiger partial charge < -0.3 is 4.98 Å². The van der Waals surface area contributed by atoms with Crippen molar-refractivity contribution < 1.29 is 0 Å². The van der Waals surface area contributed by atoms with E-state index in [0.29, 0.717) is 0 Å². The second-order valence-electron chi connectivity index (χ2n) is 3.71. The van der Waals surface area contributed by atoms with E-state index in [2.05, 4.69) is 18.1 Å². The second kappa shape index (κ2) is 4.14. The van der Waals surface area contributed by atoms with E-state index in [4.69, 9.17) is 0 Å². The van der Waals surface area contributed by atoms with E-state index in [1.165, 1.54) is 32.2 Å². The first kappa shape index (κ1) is 8.28. The Hall–Kier alpha value is 0.177. The van der Waals surface area contributed by atoms with Crippen molar-refractivity contribution in [2.75, 3.05) is 6.54 Å². The molecule has 10 heavy (non-hydrogen) atoms. The molecule has 1 rings (SSSR count). The predicted octanol–water partition coefficient (Wildman–Crippen LogP) is 1.75. The summed E-state index contributed by atoms with van der Waals surface area (Å²) < 4.78 is 0. The smallest absolute Gasteiger partial charge is 0.102 e. The molecule has 0 spiro atoms. The highest BCUT2D eigenvalue weighted by molar-refractivity contribution is 6.52. The van der Waals surface area contributed by atoms with Crippen LogP contribution in [0.15, 0.2) is 0 Å². The van der Waals surface area contributed by atoms with Crippen LogP contribution in [-0.2, 0) is 0 Å². The van der Waals surface area contributed by atoms with Crippen molar-refractivity contribution >= 4 is 8.96 Å². The molecule has 0 unspecified atom stereocenters. The van der Waals surface area contributed by atoms with E-state index < -0.39 is 8.96 Å². The average Bonchev–Trinajstić information content (AvgIpc) is 2.34. The van der Waals surface area contributed by atoms with Gasteiger partial charge in [0.1, 0.15) is 8.96 Å². The lowest BCUT2D eigenvalue weighted by Crippen LogP contribution is -2.31. The molecule has 0 aromatic carbocycles. The minimum absolute atomic E-state index is 0.477. The van der Waals surface area contributed by atoms with E-state index in [1.807, 2.05) is 0 Å². The standard InChI is InChI=1S/C8H19NSi/c1-10(2)9-7-8-5-3-4-6-8/h8-10H,3-7H2,1-2H3. The molecule has 1 nitrogen and oxygen atoms in total.